The van der Waals surface area contributed by atoms with E-state index in [9.17, 15) is 4.39 Å². The molecule has 0 unspecified atom stereocenters. The standard InChI is InChI=1S/C11H12FN3O2/c1-16-7-3-4-8(17-2)10(12)9(7)6-5-14-15-11(6)13/h3-5H,1-2H3,(H3,13,14,15). The van der Waals surface area contributed by atoms with Crippen molar-refractivity contribution < 1.29 is 13.9 Å². The van der Waals surface area contributed by atoms with E-state index in [1.165, 1.54) is 26.5 Å². The summed E-state index contributed by atoms with van der Waals surface area (Å²) in [7, 11) is 2.86. The molecule has 0 aliphatic rings. The van der Waals surface area contributed by atoms with Crippen LogP contribution in [0.3, 0.4) is 0 Å². The molecule has 0 saturated heterocycles. The molecule has 0 fully saturated rings. The van der Waals surface area contributed by atoms with Crippen molar-refractivity contribution in [1.82, 2.24) is 10.2 Å². The molecule has 0 spiro atoms. The first-order valence-electron chi connectivity index (χ1n) is 4.88. The lowest BCUT2D eigenvalue weighted by Crippen LogP contribution is -1.97. The van der Waals surface area contributed by atoms with E-state index < -0.39 is 5.82 Å². The normalized spacial score (nSPS) is 10.3. The monoisotopic (exact) mass is 237 g/mol. The Morgan fingerprint density at radius 3 is 2.41 bits per heavy atom. The van der Waals surface area contributed by atoms with E-state index in [2.05, 4.69) is 10.2 Å². The Balaban J connectivity index is 2.70. The number of aromatic nitrogens is 2. The van der Waals surface area contributed by atoms with Crippen molar-refractivity contribution in [3.8, 4) is 22.6 Å². The van der Waals surface area contributed by atoms with E-state index in [0.717, 1.165) is 0 Å². The molecule has 3 N–H and O–H groups in total. The van der Waals surface area contributed by atoms with E-state index in [4.69, 9.17) is 15.2 Å². The maximum Gasteiger partial charge on any atom is 0.176 e. The average molecular weight is 237 g/mol. The zero-order chi connectivity index (χ0) is 12.4. The minimum absolute atomic E-state index is 0.126. The van der Waals surface area contributed by atoms with Crippen LogP contribution >= 0.6 is 0 Å². The van der Waals surface area contributed by atoms with E-state index in [1.54, 1.807) is 6.07 Å². The van der Waals surface area contributed by atoms with Crippen molar-refractivity contribution in [2.45, 2.75) is 0 Å². The largest absolute Gasteiger partial charge is 0.496 e. The number of nitrogens with two attached hydrogens (primary N) is 1. The van der Waals surface area contributed by atoms with Gasteiger partial charge in [-0.3, -0.25) is 5.10 Å². The van der Waals surface area contributed by atoms with Gasteiger partial charge in [-0.1, -0.05) is 0 Å². The topological polar surface area (TPSA) is 73.2 Å². The third-order valence-electron chi connectivity index (χ3n) is 2.45. The van der Waals surface area contributed by atoms with Crippen LogP contribution in [-0.2, 0) is 0 Å². The Bertz CT molecular complexity index is 540. The smallest absolute Gasteiger partial charge is 0.176 e. The van der Waals surface area contributed by atoms with Crippen LogP contribution in [0.5, 0.6) is 11.5 Å². The number of H-pyrrole nitrogens is 1. The van der Waals surface area contributed by atoms with Crippen LogP contribution in [0.2, 0.25) is 0 Å². The van der Waals surface area contributed by atoms with Gasteiger partial charge in [0.15, 0.2) is 11.6 Å². The van der Waals surface area contributed by atoms with Gasteiger partial charge in [-0.15, -0.1) is 0 Å². The first-order valence-corrected chi connectivity index (χ1v) is 4.88. The first-order chi connectivity index (χ1) is 8.19. The highest BCUT2D eigenvalue weighted by molar-refractivity contribution is 5.79. The second kappa shape index (κ2) is 4.32. The summed E-state index contributed by atoms with van der Waals surface area (Å²) in [5.74, 6) is 0.244. The van der Waals surface area contributed by atoms with Gasteiger partial charge in [-0.25, -0.2) is 4.39 Å². The first kappa shape index (κ1) is 11.3. The van der Waals surface area contributed by atoms with Gasteiger partial charge in [0.2, 0.25) is 0 Å². The fraction of sp³-hybridized carbons (Fsp3) is 0.182. The predicted molar refractivity (Wildman–Crippen MR) is 61.5 cm³/mol. The van der Waals surface area contributed by atoms with Crippen LogP contribution in [0.15, 0.2) is 18.3 Å². The fourth-order valence-electron chi connectivity index (χ4n) is 1.61. The van der Waals surface area contributed by atoms with Gasteiger partial charge in [0.05, 0.1) is 31.5 Å². The lowest BCUT2D eigenvalue weighted by atomic mass is 10.1. The number of halogens is 1. The van der Waals surface area contributed by atoms with Gasteiger partial charge in [0, 0.05) is 0 Å². The molecule has 0 bridgehead atoms. The Kier molecular flexibility index (Phi) is 2.86. The highest BCUT2D eigenvalue weighted by Gasteiger charge is 2.19. The summed E-state index contributed by atoms with van der Waals surface area (Å²) in [6.45, 7) is 0. The zero-order valence-corrected chi connectivity index (χ0v) is 9.45. The highest BCUT2D eigenvalue weighted by Crippen LogP contribution is 2.38. The van der Waals surface area contributed by atoms with Crippen LogP contribution in [0.4, 0.5) is 10.2 Å². The Morgan fingerprint density at radius 1 is 1.24 bits per heavy atom. The number of aromatic amines is 1. The summed E-state index contributed by atoms with van der Waals surface area (Å²) in [5, 5.41) is 6.30. The molecule has 2 rings (SSSR count). The maximum absolute atomic E-state index is 14.2. The van der Waals surface area contributed by atoms with Crippen molar-refractivity contribution in [2.75, 3.05) is 20.0 Å². The summed E-state index contributed by atoms with van der Waals surface area (Å²) in [6.07, 6.45) is 1.44. The minimum atomic E-state index is -0.528. The van der Waals surface area contributed by atoms with Gasteiger partial charge < -0.3 is 15.2 Å². The molecule has 0 atom stereocenters. The molecule has 1 aromatic carbocycles. The SMILES string of the molecule is COc1ccc(OC)c(-c2cn[nH]c2N)c1F. The van der Waals surface area contributed by atoms with E-state index >= 15 is 0 Å². The summed E-state index contributed by atoms with van der Waals surface area (Å²) >= 11 is 0. The molecule has 0 aliphatic heterocycles. The second-order valence-electron chi connectivity index (χ2n) is 3.36. The van der Waals surface area contributed by atoms with Gasteiger partial charge >= 0.3 is 0 Å². The molecule has 90 valence electrons. The third-order valence-corrected chi connectivity index (χ3v) is 2.45. The number of ether oxygens (including phenoxy) is 2. The number of nitrogens with zero attached hydrogens (tertiary/aromatic N) is 1. The Morgan fingerprint density at radius 2 is 1.88 bits per heavy atom. The third kappa shape index (κ3) is 1.77. The molecule has 0 amide bonds. The fourth-order valence-corrected chi connectivity index (χ4v) is 1.61. The van der Waals surface area contributed by atoms with E-state index in [0.29, 0.717) is 11.3 Å². The number of hydrogen-bond donors (Lipinski definition) is 2. The minimum Gasteiger partial charge on any atom is -0.496 e. The van der Waals surface area contributed by atoms with Gasteiger partial charge in [0.1, 0.15) is 11.6 Å². The van der Waals surface area contributed by atoms with Crippen LogP contribution in [-0.4, -0.2) is 24.4 Å². The molecule has 6 heteroatoms. The van der Waals surface area contributed by atoms with Crippen LogP contribution in [0, 0.1) is 5.82 Å². The summed E-state index contributed by atoms with van der Waals surface area (Å²) in [5.41, 5.74) is 6.35. The van der Waals surface area contributed by atoms with Crippen LogP contribution < -0.4 is 15.2 Å². The Labute approximate surface area is 97.3 Å². The quantitative estimate of drug-likeness (QED) is 0.853. The van der Waals surface area contributed by atoms with Crippen molar-refractivity contribution in [2.24, 2.45) is 0 Å². The van der Waals surface area contributed by atoms with Crippen molar-refractivity contribution in [3.63, 3.8) is 0 Å². The number of nitrogens with one attached hydrogen (secondary N) is 1. The van der Waals surface area contributed by atoms with E-state index in [-0.39, 0.29) is 17.1 Å². The summed E-state index contributed by atoms with van der Waals surface area (Å²) < 4.78 is 24.2. The molecule has 2 aromatic rings. The van der Waals surface area contributed by atoms with Gasteiger partial charge in [-0.05, 0) is 12.1 Å². The van der Waals surface area contributed by atoms with E-state index in [1.807, 2.05) is 0 Å². The van der Waals surface area contributed by atoms with Crippen LogP contribution in [0.25, 0.3) is 11.1 Å². The van der Waals surface area contributed by atoms with Crippen LogP contribution in [0.1, 0.15) is 0 Å². The number of nitrogen functional groups attached to an aromatic ring is 1. The predicted octanol–water partition coefficient (Wildman–Crippen LogP) is 1.82. The lowest BCUT2D eigenvalue weighted by Gasteiger charge is -2.11. The van der Waals surface area contributed by atoms with Gasteiger partial charge in [-0.2, -0.15) is 5.10 Å². The number of anilines is 1. The van der Waals surface area contributed by atoms with Gasteiger partial charge in [0.25, 0.3) is 0 Å². The number of methoxy groups -OCH3 is 2. The Hall–Kier alpha value is -2.24. The highest BCUT2D eigenvalue weighted by atomic mass is 19.1. The molecule has 0 radical (unpaired) electrons. The zero-order valence-electron chi connectivity index (χ0n) is 9.45. The molecule has 1 aromatic heterocycles. The molecule has 1 heterocycles. The number of benzene rings is 1. The number of rotatable bonds is 3. The second-order valence-corrected chi connectivity index (χ2v) is 3.36. The summed E-state index contributed by atoms with van der Waals surface area (Å²) in [6, 6.07) is 3.11. The number of hydrogen-bond acceptors (Lipinski definition) is 4. The van der Waals surface area contributed by atoms with Crippen molar-refractivity contribution >= 4 is 5.82 Å². The summed E-state index contributed by atoms with van der Waals surface area (Å²) in [4.78, 5) is 0. The molecule has 17 heavy (non-hydrogen) atoms. The van der Waals surface area contributed by atoms with Crippen molar-refractivity contribution in [1.29, 1.82) is 0 Å². The molecule has 0 saturated carbocycles. The average Bonchev–Trinajstić information content (AvgIpc) is 2.75. The molecular formula is C11H12FN3O2. The molecule has 0 aliphatic carbocycles. The van der Waals surface area contributed by atoms with Crippen molar-refractivity contribution in [3.05, 3.63) is 24.1 Å². The molecular weight excluding hydrogens is 225 g/mol. The lowest BCUT2D eigenvalue weighted by molar-refractivity contribution is 0.379. The molecule has 5 nitrogen and oxygen atoms in total. The maximum atomic E-state index is 14.2.